The van der Waals surface area contributed by atoms with E-state index in [-0.39, 0.29) is 11.8 Å². The largest absolute Gasteiger partial charge is 0.481 e. The lowest BCUT2D eigenvalue weighted by molar-refractivity contribution is -0.142. The molecule has 0 saturated carbocycles. The topological polar surface area (TPSA) is 40.5 Å². The first-order valence-corrected chi connectivity index (χ1v) is 6.90. The molecule has 19 heavy (non-hydrogen) atoms. The van der Waals surface area contributed by atoms with Gasteiger partial charge in [-0.15, -0.1) is 0 Å². The van der Waals surface area contributed by atoms with Gasteiger partial charge in [-0.3, -0.25) is 9.69 Å². The average Bonchev–Trinajstić information content (AvgIpc) is 2.65. The Morgan fingerprint density at radius 3 is 2.32 bits per heavy atom. The van der Waals surface area contributed by atoms with E-state index in [1.165, 1.54) is 22.3 Å². The van der Waals surface area contributed by atoms with Gasteiger partial charge < -0.3 is 5.11 Å². The fourth-order valence-corrected chi connectivity index (χ4v) is 3.20. The second-order valence-corrected chi connectivity index (χ2v) is 5.99. The van der Waals surface area contributed by atoms with E-state index in [2.05, 4.69) is 37.8 Å². The zero-order chi connectivity index (χ0) is 14.2. The van der Waals surface area contributed by atoms with Crippen LogP contribution in [0.3, 0.4) is 0 Å². The third-order valence-corrected chi connectivity index (χ3v) is 4.23. The second-order valence-electron chi connectivity index (χ2n) is 5.99. The molecule has 2 unspecified atom stereocenters. The van der Waals surface area contributed by atoms with Crippen LogP contribution in [0.1, 0.15) is 29.2 Å². The third kappa shape index (κ3) is 2.98. The predicted octanol–water partition coefficient (Wildman–Crippen LogP) is 2.76. The van der Waals surface area contributed by atoms with E-state index in [1.807, 2.05) is 6.92 Å². The standard InChI is InChI=1S/C16H23NO2/c1-10-5-11(2)14(12(3)6-10)8-17-7-13(4)15(9-17)16(18)19/h5-6,13,15H,7-9H2,1-4H3,(H,18,19). The van der Waals surface area contributed by atoms with Gasteiger partial charge >= 0.3 is 5.97 Å². The number of rotatable bonds is 3. The maximum Gasteiger partial charge on any atom is 0.308 e. The number of aryl methyl sites for hydroxylation is 3. The average molecular weight is 261 g/mol. The van der Waals surface area contributed by atoms with Gasteiger partial charge in [0.05, 0.1) is 5.92 Å². The Bertz CT molecular complexity index is 473. The molecular weight excluding hydrogens is 238 g/mol. The molecule has 0 spiro atoms. The number of aliphatic carboxylic acids is 1. The van der Waals surface area contributed by atoms with Gasteiger partial charge in [0.2, 0.25) is 0 Å². The van der Waals surface area contributed by atoms with Gasteiger partial charge in [-0.25, -0.2) is 0 Å². The zero-order valence-electron chi connectivity index (χ0n) is 12.2. The molecule has 0 bridgehead atoms. The smallest absolute Gasteiger partial charge is 0.308 e. The summed E-state index contributed by atoms with van der Waals surface area (Å²) < 4.78 is 0. The summed E-state index contributed by atoms with van der Waals surface area (Å²) in [7, 11) is 0. The SMILES string of the molecule is Cc1cc(C)c(CN2CC(C)C(C(=O)O)C2)c(C)c1. The molecule has 1 fully saturated rings. The van der Waals surface area contributed by atoms with E-state index in [9.17, 15) is 9.90 Å². The molecule has 1 aromatic carbocycles. The summed E-state index contributed by atoms with van der Waals surface area (Å²) in [5.41, 5.74) is 5.26. The summed E-state index contributed by atoms with van der Waals surface area (Å²) >= 11 is 0. The van der Waals surface area contributed by atoms with Crippen LogP contribution in [0.15, 0.2) is 12.1 Å². The van der Waals surface area contributed by atoms with Crippen LogP contribution in [0.4, 0.5) is 0 Å². The Balaban J connectivity index is 2.13. The molecule has 0 aliphatic carbocycles. The number of carboxylic acid groups (broad SMARTS) is 1. The van der Waals surface area contributed by atoms with Crippen molar-refractivity contribution >= 4 is 5.97 Å². The fourth-order valence-electron chi connectivity index (χ4n) is 3.20. The van der Waals surface area contributed by atoms with Gasteiger partial charge in [0.25, 0.3) is 0 Å². The number of likely N-dealkylation sites (tertiary alicyclic amines) is 1. The number of benzene rings is 1. The van der Waals surface area contributed by atoms with Crippen LogP contribution < -0.4 is 0 Å². The highest BCUT2D eigenvalue weighted by Crippen LogP contribution is 2.26. The highest BCUT2D eigenvalue weighted by Gasteiger charge is 2.34. The van der Waals surface area contributed by atoms with Crippen molar-refractivity contribution in [3.05, 3.63) is 34.4 Å². The minimum absolute atomic E-state index is 0.217. The van der Waals surface area contributed by atoms with Crippen molar-refractivity contribution in [1.82, 2.24) is 4.90 Å². The van der Waals surface area contributed by atoms with Crippen LogP contribution >= 0.6 is 0 Å². The lowest BCUT2D eigenvalue weighted by Crippen LogP contribution is -2.23. The van der Waals surface area contributed by atoms with Crippen LogP contribution in [0, 0.1) is 32.6 Å². The molecule has 0 aromatic heterocycles. The molecule has 2 rings (SSSR count). The first kappa shape index (κ1) is 14.1. The molecule has 1 heterocycles. The van der Waals surface area contributed by atoms with Crippen molar-refractivity contribution in [2.45, 2.75) is 34.2 Å². The molecule has 1 N–H and O–H groups in total. The van der Waals surface area contributed by atoms with Crippen LogP contribution in [0.25, 0.3) is 0 Å². The van der Waals surface area contributed by atoms with Gasteiger partial charge in [0.1, 0.15) is 0 Å². The molecule has 0 radical (unpaired) electrons. The molecule has 1 aromatic rings. The molecule has 1 aliphatic rings. The van der Waals surface area contributed by atoms with Crippen LogP contribution in [-0.4, -0.2) is 29.1 Å². The molecule has 1 saturated heterocycles. The molecule has 0 amide bonds. The molecule has 3 heteroatoms. The highest BCUT2D eigenvalue weighted by atomic mass is 16.4. The van der Waals surface area contributed by atoms with Gasteiger partial charge in [-0.2, -0.15) is 0 Å². The predicted molar refractivity (Wildman–Crippen MR) is 76.2 cm³/mol. The van der Waals surface area contributed by atoms with E-state index in [4.69, 9.17) is 0 Å². The van der Waals surface area contributed by atoms with Gasteiger partial charge in [0, 0.05) is 19.6 Å². The number of hydrogen-bond donors (Lipinski definition) is 1. The molecule has 104 valence electrons. The summed E-state index contributed by atoms with van der Waals surface area (Å²) in [5, 5.41) is 9.19. The van der Waals surface area contributed by atoms with Crippen molar-refractivity contribution < 1.29 is 9.90 Å². The highest BCUT2D eigenvalue weighted by molar-refractivity contribution is 5.71. The van der Waals surface area contributed by atoms with E-state index in [1.54, 1.807) is 0 Å². The Labute approximate surface area is 115 Å². The summed E-state index contributed by atoms with van der Waals surface area (Å²) in [4.78, 5) is 13.4. The van der Waals surface area contributed by atoms with Crippen molar-refractivity contribution in [2.75, 3.05) is 13.1 Å². The minimum Gasteiger partial charge on any atom is -0.481 e. The number of nitrogens with zero attached hydrogens (tertiary/aromatic N) is 1. The number of carbonyl (C=O) groups is 1. The Morgan fingerprint density at radius 1 is 1.26 bits per heavy atom. The van der Waals surface area contributed by atoms with E-state index < -0.39 is 5.97 Å². The monoisotopic (exact) mass is 261 g/mol. The van der Waals surface area contributed by atoms with Gasteiger partial charge in [-0.05, 0) is 43.4 Å². The summed E-state index contributed by atoms with van der Waals surface area (Å²) in [6.07, 6.45) is 0. The van der Waals surface area contributed by atoms with Crippen LogP contribution in [-0.2, 0) is 11.3 Å². The fraction of sp³-hybridized carbons (Fsp3) is 0.562. The maximum absolute atomic E-state index is 11.2. The van der Waals surface area contributed by atoms with E-state index >= 15 is 0 Å². The Hall–Kier alpha value is -1.35. The normalized spacial score (nSPS) is 23.8. The van der Waals surface area contributed by atoms with Crippen molar-refractivity contribution in [2.24, 2.45) is 11.8 Å². The van der Waals surface area contributed by atoms with E-state index in [0.717, 1.165) is 13.1 Å². The van der Waals surface area contributed by atoms with Gasteiger partial charge in [-0.1, -0.05) is 24.6 Å². The summed E-state index contributed by atoms with van der Waals surface area (Å²) in [5.74, 6) is -0.637. The lowest BCUT2D eigenvalue weighted by Gasteiger charge is -2.19. The molecule has 3 nitrogen and oxygen atoms in total. The van der Waals surface area contributed by atoms with Crippen molar-refractivity contribution in [1.29, 1.82) is 0 Å². The quantitative estimate of drug-likeness (QED) is 0.909. The molecular formula is C16H23NO2. The number of carboxylic acids is 1. The van der Waals surface area contributed by atoms with Crippen LogP contribution in [0.2, 0.25) is 0 Å². The summed E-state index contributed by atoms with van der Waals surface area (Å²) in [6.45, 7) is 10.8. The van der Waals surface area contributed by atoms with Gasteiger partial charge in [0.15, 0.2) is 0 Å². The van der Waals surface area contributed by atoms with Crippen LogP contribution in [0.5, 0.6) is 0 Å². The second kappa shape index (κ2) is 5.33. The Kier molecular flexibility index (Phi) is 3.95. The number of hydrogen-bond acceptors (Lipinski definition) is 2. The molecule has 2 atom stereocenters. The summed E-state index contributed by atoms with van der Waals surface area (Å²) in [6, 6.07) is 4.41. The van der Waals surface area contributed by atoms with Crippen molar-refractivity contribution in [3.63, 3.8) is 0 Å². The first-order chi connectivity index (χ1) is 8.88. The Morgan fingerprint density at radius 2 is 1.84 bits per heavy atom. The zero-order valence-corrected chi connectivity index (χ0v) is 12.2. The van der Waals surface area contributed by atoms with Crippen molar-refractivity contribution in [3.8, 4) is 0 Å². The first-order valence-electron chi connectivity index (χ1n) is 6.90. The lowest BCUT2D eigenvalue weighted by atomic mass is 9.99. The third-order valence-electron chi connectivity index (χ3n) is 4.23. The maximum atomic E-state index is 11.2. The molecule has 1 aliphatic heterocycles. The minimum atomic E-state index is -0.660. The van der Waals surface area contributed by atoms with E-state index in [0.29, 0.717) is 6.54 Å².